The topological polar surface area (TPSA) is 46.4 Å². The van der Waals surface area contributed by atoms with E-state index in [0.29, 0.717) is 6.42 Å². The number of carbonyl (C=O) groups is 1. The Morgan fingerprint density at radius 2 is 2.25 bits per heavy atom. The van der Waals surface area contributed by atoms with Crippen LogP contribution in [-0.4, -0.2) is 15.3 Å². The second-order valence-corrected chi connectivity index (χ2v) is 3.86. The lowest BCUT2D eigenvalue weighted by molar-refractivity contribution is -0.116. The van der Waals surface area contributed by atoms with Gasteiger partial charge < -0.3 is 9.72 Å². The van der Waals surface area contributed by atoms with E-state index in [-0.39, 0.29) is 5.91 Å². The third kappa shape index (κ3) is 2.21. The Kier molecular flexibility index (Phi) is 2.90. The Labute approximate surface area is 94.3 Å². The summed E-state index contributed by atoms with van der Waals surface area (Å²) < 4.78 is 1.91. The molecule has 0 aliphatic rings. The smallest absolute Gasteiger partial charge is 0.224 e. The fourth-order valence-corrected chi connectivity index (χ4v) is 1.64. The van der Waals surface area contributed by atoms with Gasteiger partial charge in [0, 0.05) is 18.8 Å². The summed E-state index contributed by atoms with van der Waals surface area (Å²) in [5.41, 5.74) is 2.67. The van der Waals surface area contributed by atoms with Crippen LogP contribution >= 0.6 is 0 Å². The van der Waals surface area contributed by atoms with Crippen LogP contribution in [0.3, 0.4) is 0 Å². The molecule has 0 aromatic carbocycles. The van der Waals surface area contributed by atoms with Gasteiger partial charge in [-0.1, -0.05) is 6.92 Å². The number of pyridine rings is 1. The van der Waals surface area contributed by atoms with Crippen molar-refractivity contribution >= 4 is 17.2 Å². The van der Waals surface area contributed by atoms with Crippen LogP contribution in [0.25, 0.3) is 5.65 Å². The quantitative estimate of drug-likeness (QED) is 0.858. The first-order valence-corrected chi connectivity index (χ1v) is 5.44. The summed E-state index contributed by atoms with van der Waals surface area (Å²) >= 11 is 0. The monoisotopic (exact) mass is 217 g/mol. The zero-order valence-electron chi connectivity index (χ0n) is 9.53. The van der Waals surface area contributed by atoms with Crippen LogP contribution in [-0.2, 0) is 4.79 Å². The van der Waals surface area contributed by atoms with E-state index in [4.69, 9.17) is 0 Å². The highest BCUT2D eigenvalue weighted by atomic mass is 16.1. The van der Waals surface area contributed by atoms with E-state index < -0.39 is 0 Å². The number of carbonyl (C=O) groups excluding carboxylic acids is 1. The van der Waals surface area contributed by atoms with E-state index in [9.17, 15) is 4.79 Å². The highest BCUT2D eigenvalue weighted by Gasteiger charge is 2.02. The van der Waals surface area contributed by atoms with E-state index in [1.807, 2.05) is 42.8 Å². The molecule has 0 aliphatic carbocycles. The first-order valence-electron chi connectivity index (χ1n) is 5.44. The summed E-state index contributed by atoms with van der Waals surface area (Å²) in [6.07, 6.45) is 5.23. The minimum Gasteiger partial charge on any atom is -0.325 e. The standard InChI is InChI=1S/C12H15N3O/c1-3-4-12(16)14-10-5-6-11-13-9(2)7-15(11)8-10/h5-8H,3-4H2,1-2H3,(H,14,16). The fourth-order valence-electron chi connectivity index (χ4n) is 1.64. The van der Waals surface area contributed by atoms with E-state index in [0.717, 1.165) is 23.4 Å². The molecule has 1 N–H and O–H groups in total. The Morgan fingerprint density at radius 3 is 3.00 bits per heavy atom. The van der Waals surface area contributed by atoms with Crippen molar-refractivity contribution in [2.45, 2.75) is 26.7 Å². The van der Waals surface area contributed by atoms with Gasteiger partial charge >= 0.3 is 0 Å². The van der Waals surface area contributed by atoms with Crippen LogP contribution in [0.4, 0.5) is 5.69 Å². The van der Waals surface area contributed by atoms with E-state index >= 15 is 0 Å². The van der Waals surface area contributed by atoms with Crippen molar-refractivity contribution in [2.75, 3.05) is 5.32 Å². The number of nitrogens with zero attached hydrogens (tertiary/aromatic N) is 2. The molecular formula is C12H15N3O. The number of hydrogen-bond donors (Lipinski definition) is 1. The van der Waals surface area contributed by atoms with Crippen LogP contribution in [0.5, 0.6) is 0 Å². The highest BCUT2D eigenvalue weighted by Crippen LogP contribution is 2.11. The number of hydrogen-bond acceptors (Lipinski definition) is 2. The number of amides is 1. The van der Waals surface area contributed by atoms with Crippen LogP contribution in [0.15, 0.2) is 24.5 Å². The van der Waals surface area contributed by atoms with Crippen LogP contribution < -0.4 is 5.32 Å². The molecule has 0 fully saturated rings. The first-order chi connectivity index (χ1) is 7.69. The molecule has 4 nitrogen and oxygen atoms in total. The Bertz CT molecular complexity index is 516. The van der Waals surface area contributed by atoms with Gasteiger partial charge in [-0.15, -0.1) is 0 Å². The lowest BCUT2D eigenvalue weighted by Gasteiger charge is -2.04. The molecule has 0 spiro atoms. The van der Waals surface area contributed by atoms with Gasteiger partial charge in [0.2, 0.25) is 5.91 Å². The average molecular weight is 217 g/mol. The Hall–Kier alpha value is -1.84. The molecule has 84 valence electrons. The number of fused-ring (bicyclic) bond motifs is 1. The summed E-state index contributed by atoms with van der Waals surface area (Å²) in [6, 6.07) is 3.77. The number of rotatable bonds is 3. The normalized spacial score (nSPS) is 10.6. The molecule has 2 heterocycles. The number of aryl methyl sites for hydroxylation is 1. The summed E-state index contributed by atoms with van der Waals surface area (Å²) in [5.74, 6) is 0.0543. The maximum absolute atomic E-state index is 11.4. The van der Waals surface area contributed by atoms with Gasteiger partial charge in [-0.2, -0.15) is 0 Å². The number of nitrogens with one attached hydrogen (secondary N) is 1. The predicted molar refractivity (Wildman–Crippen MR) is 63.5 cm³/mol. The molecule has 0 radical (unpaired) electrons. The molecule has 0 saturated heterocycles. The van der Waals surface area contributed by atoms with Gasteiger partial charge in [0.05, 0.1) is 11.4 Å². The summed E-state index contributed by atoms with van der Waals surface area (Å²) in [6.45, 7) is 3.93. The lowest BCUT2D eigenvalue weighted by atomic mass is 10.3. The molecule has 2 aromatic heterocycles. The molecule has 0 atom stereocenters. The molecule has 16 heavy (non-hydrogen) atoms. The third-order valence-electron chi connectivity index (χ3n) is 2.33. The second-order valence-electron chi connectivity index (χ2n) is 3.86. The van der Waals surface area contributed by atoms with Crippen molar-refractivity contribution < 1.29 is 4.79 Å². The minimum absolute atomic E-state index is 0.0543. The SMILES string of the molecule is CCCC(=O)Nc1ccc2nc(C)cn2c1. The van der Waals surface area contributed by atoms with Crippen LogP contribution in [0.1, 0.15) is 25.5 Å². The molecule has 2 aromatic rings. The zero-order valence-corrected chi connectivity index (χ0v) is 9.53. The summed E-state index contributed by atoms with van der Waals surface area (Å²) in [5, 5.41) is 2.86. The third-order valence-corrected chi connectivity index (χ3v) is 2.33. The Morgan fingerprint density at radius 1 is 1.44 bits per heavy atom. The molecule has 0 aliphatic heterocycles. The first kappa shape index (κ1) is 10.7. The van der Waals surface area contributed by atoms with Gasteiger partial charge in [-0.25, -0.2) is 4.98 Å². The van der Waals surface area contributed by atoms with Crippen LogP contribution in [0.2, 0.25) is 0 Å². The predicted octanol–water partition coefficient (Wildman–Crippen LogP) is 2.38. The molecule has 0 unspecified atom stereocenters. The van der Waals surface area contributed by atoms with Crippen molar-refractivity contribution in [1.29, 1.82) is 0 Å². The molecular weight excluding hydrogens is 202 g/mol. The molecule has 1 amide bonds. The fraction of sp³-hybridized carbons (Fsp3) is 0.333. The maximum Gasteiger partial charge on any atom is 0.224 e. The van der Waals surface area contributed by atoms with Crippen molar-refractivity contribution in [3.8, 4) is 0 Å². The summed E-state index contributed by atoms with van der Waals surface area (Å²) in [4.78, 5) is 15.7. The average Bonchev–Trinajstić information content (AvgIpc) is 2.57. The van der Waals surface area contributed by atoms with Crippen molar-refractivity contribution in [1.82, 2.24) is 9.38 Å². The Balaban J connectivity index is 2.22. The molecule has 4 heteroatoms. The molecule has 0 saturated carbocycles. The van der Waals surface area contributed by atoms with Gasteiger partial charge in [-0.05, 0) is 25.5 Å². The minimum atomic E-state index is 0.0543. The van der Waals surface area contributed by atoms with Gasteiger partial charge in [0.15, 0.2) is 0 Å². The molecule has 2 rings (SSSR count). The largest absolute Gasteiger partial charge is 0.325 e. The van der Waals surface area contributed by atoms with E-state index in [2.05, 4.69) is 10.3 Å². The van der Waals surface area contributed by atoms with Crippen LogP contribution in [0, 0.1) is 6.92 Å². The van der Waals surface area contributed by atoms with Gasteiger partial charge in [0.25, 0.3) is 0 Å². The van der Waals surface area contributed by atoms with Crippen molar-refractivity contribution in [3.05, 3.63) is 30.2 Å². The van der Waals surface area contributed by atoms with E-state index in [1.165, 1.54) is 0 Å². The lowest BCUT2D eigenvalue weighted by Crippen LogP contribution is -2.10. The zero-order chi connectivity index (χ0) is 11.5. The number of aromatic nitrogens is 2. The maximum atomic E-state index is 11.4. The summed E-state index contributed by atoms with van der Waals surface area (Å²) in [7, 11) is 0. The van der Waals surface area contributed by atoms with E-state index in [1.54, 1.807) is 0 Å². The second kappa shape index (κ2) is 4.35. The number of imidazole rings is 1. The van der Waals surface area contributed by atoms with Gasteiger partial charge in [-0.3, -0.25) is 4.79 Å². The molecule has 0 bridgehead atoms. The highest BCUT2D eigenvalue weighted by molar-refractivity contribution is 5.90. The van der Waals surface area contributed by atoms with Crippen molar-refractivity contribution in [2.24, 2.45) is 0 Å². The van der Waals surface area contributed by atoms with Crippen molar-refractivity contribution in [3.63, 3.8) is 0 Å². The number of anilines is 1. The van der Waals surface area contributed by atoms with Gasteiger partial charge in [0.1, 0.15) is 5.65 Å².